The third kappa shape index (κ3) is 2.99. The lowest BCUT2D eigenvalue weighted by Gasteiger charge is -2.30. The highest BCUT2D eigenvalue weighted by Crippen LogP contribution is 2.47. The Labute approximate surface area is 157 Å². The van der Waals surface area contributed by atoms with E-state index in [-0.39, 0.29) is 16.7 Å². The first-order valence-electron chi connectivity index (χ1n) is 8.79. The molecule has 3 aliphatic rings. The molecule has 0 saturated carbocycles. The van der Waals surface area contributed by atoms with Crippen molar-refractivity contribution in [2.45, 2.75) is 43.5 Å². The standard InChI is InChI=1S/C18H22ClN3O2S/c1-18-7-6-16(23)22(18)15(11-25-18)17(24)20-13-10-12(19)4-5-14(13)21-8-2-3-9-21/h4-5,10,15H,2-3,6-9,11H2,1H3,(H,20,24)/t15-,18-/m1/s1. The van der Waals surface area contributed by atoms with Crippen LogP contribution >= 0.6 is 23.4 Å². The first kappa shape index (κ1) is 17.0. The van der Waals surface area contributed by atoms with Crippen LogP contribution in [0.5, 0.6) is 0 Å². The van der Waals surface area contributed by atoms with Gasteiger partial charge in [0.1, 0.15) is 6.04 Å². The average molecular weight is 380 g/mol. The van der Waals surface area contributed by atoms with E-state index in [9.17, 15) is 9.59 Å². The molecule has 1 aromatic carbocycles. The van der Waals surface area contributed by atoms with E-state index in [1.165, 1.54) is 0 Å². The minimum Gasteiger partial charge on any atom is -0.370 e. The fourth-order valence-corrected chi connectivity index (χ4v) is 5.68. The zero-order chi connectivity index (χ0) is 17.6. The van der Waals surface area contributed by atoms with Gasteiger partial charge < -0.3 is 15.1 Å². The normalized spacial score (nSPS) is 28.6. The molecule has 3 aliphatic heterocycles. The van der Waals surface area contributed by atoms with Crippen molar-refractivity contribution in [1.82, 2.24) is 4.90 Å². The van der Waals surface area contributed by atoms with Gasteiger partial charge >= 0.3 is 0 Å². The Hall–Kier alpha value is -1.40. The summed E-state index contributed by atoms with van der Waals surface area (Å²) in [7, 11) is 0. The van der Waals surface area contributed by atoms with Gasteiger partial charge in [-0.2, -0.15) is 0 Å². The summed E-state index contributed by atoms with van der Waals surface area (Å²) in [5, 5.41) is 3.65. The number of hydrogen-bond acceptors (Lipinski definition) is 4. The van der Waals surface area contributed by atoms with Gasteiger partial charge in [0.2, 0.25) is 11.8 Å². The predicted molar refractivity (Wildman–Crippen MR) is 102 cm³/mol. The summed E-state index contributed by atoms with van der Waals surface area (Å²) >= 11 is 7.87. The average Bonchev–Trinajstić information content (AvgIpc) is 3.26. The third-order valence-corrected chi connectivity index (χ3v) is 7.15. The van der Waals surface area contributed by atoms with Crippen LogP contribution < -0.4 is 10.2 Å². The molecule has 0 aliphatic carbocycles. The van der Waals surface area contributed by atoms with Gasteiger partial charge in [-0.1, -0.05) is 11.6 Å². The van der Waals surface area contributed by atoms with Crippen molar-refractivity contribution in [3.05, 3.63) is 23.2 Å². The van der Waals surface area contributed by atoms with E-state index >= 15 is 0 Å². The van der Waals surface area contributed by atoms with Gasteiger partial charge in [0, 0.05) is 30.3 Å². The molecule has 7 heteroatoms. The molecule has 2 amide bonds. The largest absolute Gasteiger partial charge is 0.370 e. The molecule has 134 valence electrons. The molecule has 0 bridgehead atoms. The van der Waals surface area contributed by atoms with Crippen molar-refractivity contribution in [2.75, 3.05) is 29.1 Å². The van der Waals surface area contributed by atoms with Crippen molar-refractivity contribution in [3.63, 3.8) is 0 Å². The highest BCUT2D eigenvalue weighted by Gasteiger charge is 2.52. The molecular formula is C18H22ClN3O2S. The Balaban J connectivity index is 1.57. The van der Waals surface area contributed by atoms with Crippen LogP contribution in [0.15, 0.2) is 18.2 Å². The minimum atomic E-state index is -0.407. The number of thioether (sulfide) groups is 1. The number of nitrogens with one attached hydrogen (secondary N) is 1. The number of carbonyl (C=O) groups is 2. The van der Waals surface area contributed by atoms with Crippen molar-refractivity contribution < 1.29 is 9.59 Å². The van der Waals surface area contributed by atoms with Crippen LogP contribution in [0, 0.1) is 0 Å². The van der Waals surface area contributed by atoms with Crippen LogP contribution in [0.4, 0.5) is 11.4 Å². The number of hydrogen-bond donors (Lipinski definition) is 1. The Bertz CT molecular complexity index is 722. The second-order valence-electron chi connectivity index (χ2n) is 7.11. The van der Waals surface area contributed by atoms with Crippen molar-refractivity contribution in [3.8, 4) is 0 Å². The van der Waals surface area contributed by atoms with Gasteiger partial charge in [-0.15, -0.1) is 11.8 Å². The Morgan fingerprint density at radius 2 is 2.12 bits per heavy atom. The maximum absolute atomic E-state index is 12.9. The van der Waals surface area contributed by atoms with Gasteiger partial charge in [-0.3, -0.25) is 9.59 Å². The third-order valence-electron chi connectivity index (χ3n) is 5.41. The molecular weight excluding hydrogens is 358 g/mol. The first-order valence-corrected chi connectivity index (χ1v) is 10.2. The lowest BCUT2D eigenvalue weighted by molar-refractivity contribution is -0.135. The molecule has 1 aromatic rings. The van der Waals surface area contributed by atoms with Gasteiger partial charge in [0.15, 0.2) is 0 Å². The van der Waals surface area contributed by atoms with Gasteiger partial charge in [0.05, 0.1) is 16.2 Å². The molecule has 4 rings (SSSR count). The maximum atomic E-state index is 12.9. The monoisotopic (exact) mass is 379 g/mol. The van der Waals surface area contributed by atoms with Crippen LogP contribution in [0.1, 0.15) is 32.6 Å². The number of rotatable bonds is 3. The molecule has 0 radical (unpaired) electrons. The number of carbonyl (C=O) groups excluding carboxylic acids is 2. The van der Waals surface area contributed by atoms with Crippen LogP contribution in [-0.4, -0.2) is 46.5 Å². The topological polar surface area (TPSA) is 52.7 Å². The van der Waals surface area contributed by atoms with Gasteiger partial charge in [-0.05, 0) is 44.4 Å². The fourth-order valence-electron chi connectivity index (χ4n) is 4.07. The summed E-state index contributed by atoms with van der Waals surface area (Å²) in [5.74, 6) is 0.612. The van der Waals surface area contributed by atoms with Crippen LogP contribution in [0.3, 0.4) is 0 Å². The summed E-state index contributed by atoms with van der Waals surface area (Å²) in [4.78, 5) is 29.0. The van der Waals surface area contributed by atoms with E-state index < -0.39 is 6.04 Å². The highest BCUT2D eigenvalue weighted by atomic mass is 35.5. The molecule has 2 atom stereocenters. The Kier molecular flexibility index (Phi) is 4.36. The Morgan fingerprint density at radius 1 is 1.36 bits per heavy atom. The quantitative estimate of drug-likeness (QED) is 0.875. The number of halogens is 1. The number of nitrogens with zero attached hydrogens (tertiary/aromatic N) is 2. The molecule has 3 fully saturated rings. The number of anilines is 2. The highest BCUT2D eigenvalue weighted by molar-refractivity contribution is 8.01. The summed E-state index contributed by atoms with van der Waals surface area (Å²) in [6.07, 6.45) is 3.67. The first-order chi connectivity index (χ1) is 12.0. The van der Waals surface area contributed by atoms with E-state index in [4.69, 9.17) is 11.6 Å². The SMILES string of the molecule is C[C@@]12CCC(=O)N1[C@@H](C(=O)Nc1cc(Cl)ccc1N1CCCC1)CS2. The molecule has 1 N–H and O–H groups in total. The zero-order valence-corrected chi connectivity index (χ0v) is 15.8. The molecule has 3 saturated heterocycles. The van der Waals surface area contributed by atoms with Crippen molar-refractivity contribution in [1.29, 1.82) is 0 Å². The second kappa shape index (κ2) is 6.40. The van der Waals surface area contributed by atoms with E-state index in [2.05, 4.69) is 17.1 Å². The van der Waals surface area contributed by atoms with Crippen molar-refractivity contribution >= 4 is 46.6 Å². The number of fused-ring (bicyclic) bond motifs is 1. The van der Waals surface area contributed by atoms with E-state index in [1.54, 1.807) is 22.7 Å². The van der Waals surface area contributed by atoms with E-state index in [0.29, 0.717) is 17.2 Å². The summed E-state index contributed by atoms with van der Waals surface area (Å²) < 4.78 is 0. The molecule has 0 spiro atoms. The van der Waals surface area contributed by atoms with Crippen LogP contribution in [-0.2, 0) is 9.59 Å². The molecule has 25 heavy (non-hydrogen) atoms. The molecule has 0 unspecified atom stereocenters. The summed E-state index contributed by atoms with van der Waals surface area (Å²) in [6, 6.07) is 5.23. The number of amides is 2. The van der Waals surface area contributed by atoms with E-state index in [1.807, 2.05) is 12.1 Å². The van der Waals surface area contributed by atoms with Gasteiger partial charge in [-0.25, -0.2) is 0 Å². The fraction of sp³-hybridized carbons (Fsp3) is 0.556. The lowest BCUT2D eigenvalue weighted by Crippen LogP contribution is -2.48. The van der Waals surface area contributed by atoms with Gasteiger partial charge in [0.25, 0.3) is 0 Å². The summed E-state index contributed by atoms with van der Waals surface area (Å²) in [5.41, 5.74) is 1.75. The maximum Gasteiger partial charge on any atom is 0.248 e. The minimum absolute atomic E-state index is 0.0820. The van der Waals surface area contributed by atoms with Crippen LogP contribution in [0.25, 0.3) is 0 Å². The Morgan fingerprint density at radius 3 is 2.88 bits per heavy atom. The molecule has 0 aromatic heterocycles. The predicted octanol–water partition coefficient (Wildman–Crippen LogP) is 3.33. The second-order valence-corrected chi connectivity index (χ2v) is 9.05. The zero-order valence-electron chi connectivity index (χ0n) is 14.3. The molecule has 5 nitrogen and oxygen atoms in total. The number of benzene rings is 1. The lowest BCUT2D eigenvalue weighted by atomic mass is 10.2. The van der Waals surface area contributed by atoms with Crippen LogP contribution in [0.2, 0.25) is 5.02 Å². The smallest absolute Gasteiger partial charge is 0.248 e. The molecule has 3 heterocycles. The van der Waals surface area contributed by atoms with Crippen molar-refractivity contribution in [2.24, 2.45) is 0 Å². The van der Waals surface area contributed by atoms with E-state index in [0.717, 1.165) is 43.7 Å². The summed E-state index contributed by atoms with van der Waals surface area (Å²) in [6.45, 7) is 4.05.